The summed E-state index contributed by atoms with van der Waals surface area (Å²) in [4.78, 5) is 35.9. The minimum atomic E-state index is -0.506. The Kier molecular flexibility index (Phi) is 6.92. The predicted octanol–water partition coefficient (Wildman–Crippen LogP) is 3.79. The molecule has 31 heavy (non-hydrogen) atoms. The highest BCUT2D eigenvalue weighted by molar-refractivity contribution is 5.89. The van der Waals surface area contributed by atoms with Gasteiger partial charge in [-0.05, 0) is 54.8 Å². The number of aryl methyl sites for hydroxylation is 2. The molecule has 0 aliphatic heterocycles. The van der Waals surface area contributed by atoms with E-state index in [1.54, 1.807) is 37.4 Å². The smallest absolute Gasteiger partial charge is 0.336 e. The highest BCUT2D eigenvalue weighted by Gasteiger charge is 2.13. The first-order valence-electron chi connectivity index (χ1n) is 9.86. The Balaban J connectivity index is 1.57. The van der Waals surface area contributed by atoms with Crippen LogP contribution in [0.1, 0.15) is 24.5 Å². The molecule has 3 aromatic rings. The van der Waals surface area contributed by atoms with Gasteiger partial charge in [0.05, 0.1) is 13.5 Å². The summed E-state index contributed by atoms with van der Waals surface area (Å²) in [7, 11) is 1.56. The lowest BCUT2D eigenvalue weighted by Crippen LogP contribution is -2.31. The SMILES string of the molecule is CCc1cc2c(C)cc(=O)oc2cc1OC(=O)CCNC(=O)Nc1ccc(OC)cc1. The largest absolute Gasteiger partial charge is 0.497 e. The quantitative estimate of drug-likeness (QED) is 0.340. The van der Waals surface area contributed by atoms with Gasteiger partial charge in [-0.1, -0.05) is 6.92 Å². The first kappa shape index (κ1) is 21.9. The summed E-state index contributed by atoms with van der Waals surface area (Å²) in [6, 6.07) is 11.3. The maximum atomic E-state index is 12.3. The Morgan fingerprint density at radius 3 is 2.52 bits per heavy atom. The van der Waals surface area contributed by atoms with Crippen LogP contribution >= 0.6 is 0 Å². The molecule has 0 atom stereocenters. The molecule has 0 aliphatic carbocycles. The molecule has 0 radical (unpaired) electrons. The number of carbonyl (C=O) groups excluding carboxylic acids is 2. The molecule has 8 heteroatoms. The maximum absolute atomic E-state index is 12.3. The van der Waals surface area contributed by atoms with Crippen molar-refractivity contribution in [3.63, 3.8) is 0 Å². The third kappa shape index (κ3) is 5.63. The van der Waals surface area contributed by atoms with Crippen LogP contribution in [-0.2, 0) is 11.2 Å². The van der Waals surface area contributed by atoms with Gasteiger partial charge in [0.1, 0.15) is 17.1 Å². The summed E-state index contributed by atoms with van der Waals surface area (Å²) in [5, 5.41) is 6.07. The van der Waals surface area contributed by atoms with Gasteiger partial charge in [0.25, 0.3) is 0 Å². The summed E-state index contributed by atoms with van der Waals surface area (Å²) in [5.41, 5.74) is 2.12. The van der Waals surface area contributed by atoms with Crippen LogP contribution in [0.5, 0.6) is 11.5 Å². The van der Waals surface area contributed by atoms with Crippen molar-refractivity contribution in [3.05, 3.63) is 64.0 Å². The third-order valence-corrected chi connectivity index (χ3v) is 4.70. The average Bonchev–Trinajstić information content (AvgIpc) is 2.73. The molecule has 0 spiro atoms. The summed E-state index contributed by atoms with van der Waals surface area (Å²) in [6.07, 6.45) is 0.620. The molecule has 0 unspecified atom stereocenters. The molecule has 162 valence electrons. The lowest BCUT2D eigenvalue weighted by atomic mass is 10.1. The van der Waals surface area contributed by atoms with E-state index in [1.165, 1.54) is 6.07 Å². The van der Waals surface area contributed by atoms with Gasteiger partial charge < -0.3 is 24.5 Å². The first-order valence-corrected chi connectivity index (χ1v) is 9.86. The molecule has 0 fully saturated rings. The second kappa shape index (κ2) is 9.80. The number of hydrogen-bond acceptors (Lipinski definition) is 6. The number of benzene rings is 2. The third-order valence-electron chi connectivity index (χ3n) is 4.70. The second-order valence-electron chi connectivity index (χ2n) is 6.89. The fourth-order valence-corrected chi connectivity index (χ4v) is 3.06. The van der Waals surface area contributed by atoms with E-state index in [1.807, 2.05) is 19.9 Å². The molecule has 8 nitrogen and oxygen atoms in total. The van der Waals surface area contributed by atoms with Crippen molar-refractivity contribution >= 4 is 28.7 Å². The summed E-state index contributed by atoms with van der Waals surface area (Å²) in [6.45, 7) is 3.87. The van der Waals surface area contributed by atoms with Gasteiger partial charge in [-0.25, -0.2) is 9.59 Å². The minimum Gasteiger partial charge on any atom is -0.497 e. The van der Waals surface area contributed by atoms with Crippen molar-refractivity contribution in [1.29, 1.82) is 0 Å². The Labute approximate surface area is 179 Å². The Morgan fingerprint density at radius 2 is 1.84 bits per heavy atom. The summed E-state index contributed by atoms with van der Waals surface area (Å²) < 4.78 is 15.8. The van der Waals surface area contributed by atoms with Crippen LogP contribution in [0.25, 0.3) is 11.0 Å². The molecule has 1 heterocycles. The van der Waals surface area contributed by atoms with Gasteiger partial charge >= 0.3 is 17.6 Å². The van der Waals surface area contributed by atoms with Crippen LogP contribution in [0.15, 0.2) is 51.7 Å². The lowest BCUT2D eigenvalue weighted by molar-refractivity contribution is -0.134. The van der Waals surface area contributed by atoms with Crippen LogP contribution in [0.4, 0.5) is 10.5 Å². The zero-order chi connectivity index (χ0) is 22.4. The van der Waals surface area contributed by atoms with Gasteiger partial charge in [0.2, 0.25) is 0 Å². The number of hydrogen-bond donors (Lipinski definition) is 2. The van der Waals surface area contributed by atoms with E-state index in [0.717, 1.165) is 16.5 Å². The van der Waals surface area contributed by atoms with Gasteiger partial charge in [-0.15, -0.1) is 0 Å². The van der Waals surface area contributed by atoms with E-state index in [0.29, 0.717) is 29.2 Å². The number of anilines is 1. The van der Waals surface area contributed by atoms with Crippen LogP contribution in [0, 0.1) is 6.92 Å². The molecule has 2 N–H and O–H groups in total. The molecule has 0 saturated carbocycles. The van der Waals surface area contributed by atoms with Crippen molar-refractivity contribution in [2.24, 2.45) is 0 Å². The maximum Gasteiger partial charge on any atom is 0.336 e. The molecular formula is C23H24N2O6. The minimum absolute atomic E-state index is 0.0189. The molecule has 0 saturated heterocycles. The molecule has 3 rings (SSSR count). The van der Waals surface area contributed by atoms with E-state index >= 15 is 0 Å². The van der Waals surface area contributed by atoms with E-state index < -0.39 is 17.6 Å². The lowest BCUT2D eigenvalue weighted by Gasteiger charge is -2.12. The van der Waals surface area contributed by atoms with Crippen molar-refractivity contribution in [3.8, 4) is 11.5 Å². The Morgan fingerprint density at radius 1 is 1.10 bits per heavy atom. The second-order valence-corrected chi connectivity index (χ2v) is 6.89. The van der Waals surface area contributed by atoms with Crippen LogP contribution in [-0.4, -0.2) is 25.7 Å². The molecule has 2 amide bonds. The fraction of sp³-hybridized carbons (Fsp3) is 0.261. The number of nitrogens with one attached hydrogen (secondary N) is 2. The molecule has 1 aromatic heterocycles. The van der Waals surface area contributed by atoms with Crippen molar-refractivity contribution in [2.45, 2.75) is 26.7 Å². The van der Waals surface area contributed by atoms with Gasteiger partial charge in [-0.2, -0.15) is 0 Å². The van der Waals surface area contributed by atoms with Crippen molar-refractivity contribution in [2.75, 3.05) is 19.0 Å². The van der Waals surface area contributed by atoms with Crippen LogP contribution in [0.2, 0.25) is 0 Å². The molecular weight excluding hydrogens is 400 g/mol. The van der Waals surface area contributed by atoms with Crippen molar-refractivity contribution in [1.82, 2.24) is 5.32 Å². The fourth-order valence-electron chi connectivity index (χ4n) is 3.06. The van der Waals surface area contributed by atoms with Crippen molar-refractivity contribution < 1.29 is 23.5 Å². The molecule has 0 aliphatic rings. The summed E-state index contributed by atoms with van der Waals surface area (Å²) >= 11 is 0. The Hall–Kier alpha value is -3.81. The zero-order valence-electron chi connectivity index (χ0n) is 17.6. The van der Waals surface area contributed by atoms with E-state index in [2.05, 4.69) is 10.6 Å². The molecule has 0 bridgehead atoms. The Bertz CT molecular complexity index is 1150. The van der Waals surface area contributed by atoms with Gasteiger partial charge in [0, 0.05) is 29.8 Å². The number of esters is 1. The number of amides is 2. The highest BCUT2D eigenvalue weighted by atomic mass is 16.5. The number of rotatable bonds is 7. The number of carbonyl (C=O) groups is 2. The topological polar surface area (TPSA) is 107 Å². The van der Waals surface area contributed by atoms with E-state index in [9.17, 15) is 14.4 Å². The normalized spacial score (nSPS) is 10.5. The number of ether oxygens (including phenoxy) is 2. The highest BCUT2D eigenvalue weighted by Crippen LogP contribution is 2.28. The zero-order valence-corrected chi connectivity index (χ0v) is 17.6. The average molecular weight is 424 g/mol. The number of urea groups is 1. The molecule has 2 aromatic carbocycles. The first-order chi connectivity index (χ1) is 14.9. The van der Waals surface area contributed by atoms with Crippen LogP contribution in [0.3, 0.4) is 0 Å². The van der Waals surface area contributed by atoms with Gasteiger partial charge in [-0.3, -0.25) is 4.79 Å². The number of fused-ring (bicyclic) bond motifs is 1. The van der Waals surface area contributed by atoms with E-state index in [4.69, 9.17) is 13.9 Å². The van der Waals surface area contributed by atoms with E-state index in [-0.39, 0.29) is 13.0 Å². The number of methoxy groups -OCH3 is 1. The van der Waals surface area contributed by atoms with Crippen LogP contribution < -0.4 is 25.7 Å². The van der Waals surface area contributed by atoms with Gasteiger partial charge in [0.15, 0.2) is 0 Å². The standard InChI is InChI=1S/C23H24N2O6/c1-4-15-12-18-14(2)11-22(27)31-20(18)13-19(15)30-21(26)9-10-24-23(28)25-16-5-7-17(29-3)8-6-16/h5-8,11-13H,4,9-10H2,1-3H3,(H2,24,25,28). The monoisotopic (exact) mass is 424 g/mol. The predicted molar refractivity (Wildman–Crippen MR) is 117 cm³/mol. The summed E-state index contributed by atoms with van der Waals surface area (Å²) in [5.74, 6) is 0.522.